The number of hydrogen-bond donors (Lipinski definition) is 1. The van der Waals surface area contributed by atoms with Crippen molar-refractivity contribution in [3.63, 3.8) is 0 Å². The average molecular weight is 331 g/mol. The van der Waals surface area contributed by atoms with Gasteiger partial charge < -0.3 is 9.73 Å². The van der Waals surface area contributed by atoms with Crippen LogP contribution in [0.2, 0.25) is 0 Å². The van der Waals surface area contributed by atoms with Gasteiger partial charge in [-0.05, 0) is 30.5 Å². The Morgan fingerprint density at radius 3 is 2.77 bits per heavy atom. The summed E-state index contributed by atoms with van der Waals surface area (Å²) in [6, 6.07) is 13.2. The van der Waals surface area contributed by atoms with Crippen LogP contribution in [0.25, 0.3) is 10.8 Å². The van der Waals surface area contributed by atoms with Crippen LogP contribution < -0.4 is 5.32 Å². The number of nitrogens with one attached hydrogen (secondary N) is 1. The zero-order chi connectivity index (χ0) is 15.4. The molecule has 1 atom stereocenters. The molecule has 2 aromatic heterocycles. The maximum absolute atomic E-state index is 12.1. The van der Waals surface area contributed by atoms with Gasteiger partial charge in [-0.25, -0.2) is 0 Å². The Morgan fingerprint density at radius 1 is 1.23 bits per heavy atom. The molecule has 0 fully saturated rings. The van der Waals surface area contributed by atoms with Gasteiger partial charge in [-0.2, -0.15) is 0 Å². The van der Waals surface area contributed by atoms with Gasteiger partial charge in [0, 0.05) is 5.69 Å². The summed E-state index contributed by atoms with van der Waals surface area (Å²) >= 11 is 2.77. The lowest BCUT2D eigenvalue weighted by atomic mass is 10.3. The minimum atomic E-state index is -0.336. The van der Waals surface area contributed by atoms with E-state index in [1.54, 1.807) is 6.92 Å². The van der Waals surface area contributed by atoms with Gasteiger partial charge in [-0.3, -0.25) is 4.79 Å². The Kier molecular flexibility index (Phi) is 4.55. The van der Waals surface area contributed by atoms with Crippen LogP contribution in [0.5, 0.6) is 0 Å². The summed E-state index contributed by atoms with van der Waals surface area (Å²) in [6.45, 7) is 1.80. The quantitative estimate of drug-likeness (QED) is 0.718. The van der Waals surface area contributed by atoms with Crippen LogP contribution in [0.15, 0.2) is 57.5 Å². The van der Waals surface area contributed by atoms with Crippen molar-refractivity contribution >= 4 is 34.7 Å². The minimum absolute atomic E-state index is 0.105. The highest BCUT2D eigenvalue weighted by Crippen LogP contribution is 2.28. The molecular weight excluding hydrogens is 318 g/mol. The molecule has 22 heavy (non-hydrogen) atoms. The lowest BCUT2D eigenvalue weighted by Gasteiger charge is -2.09. The highest BCUT2D eigenvalue weighted by molar-refractivity contribution is 8.00. The summed E-state index contributed by atoms with van der Waals surface area (Å²) in [6.07, 6.45) is 0. The fourth-order valence-corrected chi connectivity index (χ4v) is 3.05. The number of rotatable bonds is 5. The van der Waals surface area contributed by atoms with E-state index in [1.165, 1.54) is 23.1 Å². The van der Waals surface area contributed by atoms with E-state index in [0.29, 0.717) is 11.1 Å². The van der Waals surface area contributed by atoms with E-state index in [9.17, 15) is 4.79 Å². The molecule has 0 unspecified atom stereocenters. The largest absolute Gasteiger partial charge is 0.410 e. The van der Waals surface area contributed by atoms with E-state index in [0.717, 1.165) is 10.6 Å². The molecule has 0 bridgehead atoms. The first-order valence-corrected chi connectivity index (χ1v) is 8.38. The SMILES string of the molecule is C[C@@H](Sc1nnc(-c2cccs2)o1)C(=O)Nc1ccccc1. The number of amides is 1. The lowest BCUT2D eigenvalue weighted by Crippen LogP contribution is -2.22. The van der Waals surface area contributed by atoms with Crippen LogP contribution in [0, 0.1) is 0 Å². The van der Waals surface area contributed by atoms with Gasteiger partial charge in [0.2, 0.25) is 5.91 Å². The molecule has 2 heterocycles. The molecule has 1 aromatic carbocycles. The second-order valence-electron chi connectivity index (χ2n) is 4.47. The average Bonchev–Trinajstić information content (AvgIpc) is 3.19. The number of thioether (sulfide) groups is 1. The third-order valence-corrected chi connectivity index (χ3v) is 4.62. The maximum atomic E-state index is 12.1. The molecule has 112 valence electrons. The number of anilines is 1. The van der Waals surface area contributed by atoms with Crippen LogP contribution in [0.4, 0.5) is 5.69 Å². The number of nitrogens with zero attached hydrogens (tertiary/aromatic N) is 2. The fraction of sp³-hybridized carbons (Fsp3) is 0.133. The third-order valence-electron chi connectivity index (χ3n) is 2.83. The summed E-state index contributed by atoms with van der Waals surface area (Å²) in [5.41, 5.74) is 0.768. The van der Waals surface area contributed by atoms with Crippen molar-refractivity contribution in [1.82, 2.24) is 10.2 Å². The molecule has 0 aliphatic heterocycles. The molecular formula is C15H13N3O2S2. The van der Waals surface area contributed by atoms with Crippen LogP contribution >= 0.6 is 23.1 Å². The van der Waals surface area contributed by atoms with Gasteiger partial charge in [0.25, 0.3) is 11.1 Å². The number of carbonyl (C=O) groups is 1. The predicted molar refractivity (Wildman–Crippen MR) is 88.0 cm³/mol. The van der Waals surface area contributed by atoms with Gasteiger partial charge in [-0.15, -0.1) is 21.5 Å². The zero-order valence-electron chi connectivity index (χ0n) is 11.7. The predicted octanol–water partition coefficient (Wildman–Crippen LogP) is 3.92. The Labute approximate surface area is 135 Å². The molecule has 1 amide bonds. The van der Waals surface area contributed by atoms with E-state index in [4.69, 9.17) is 4.42 Å². The lowest BCUT2D eigenvalue weighted by molar-refractivity contribution is -0.115. The monoisotopic (exact) mass is 331 g/mol. The zero-order valence-corrected chi connectivity index (χ0v) is 13.4. The molecule has 3 rings (SSSR count). The van der Waals surface area contributed by atoms with Crippen molar-refractivity contribution in [2.45, 2.75) is 17.4 Å². The van der Waals surface area contributed by atoms with Crippen LogP contribution in [0.1, 0.15) is 6.92 Å². The standard InChI is InChI=1S/C15H13N3O2S2/c1-10(13(19)16-11-6-3-2-4-7-11)22-15-18-17-14(20-15)12-8-5-9-21-12/h2-10H,1H3,(H,16,19)/t10-/m1/s1. The Morgan fingerprint density at radius 2 is 2.05 bits per heavy atom. The first-order valence-electron chi connectivity index (χ1n) is 6.62. The number of hydrogen-bond acceptors (Lipinski definition) is 6. The van der Waals surface area contributed by atoms with Gasteiger partial charge in [0.15, 0.2) is 0 Å². The number of benzene rings is 1. The van der Waals surface area contributed by atoms with Crippen molar-refractivity contribution < 1.29 is 9.21 Å². The topological polar surface area (TPSA) is 68.0 Å². The maximum Gasteiger partial charge on any atom is 0.277 e. The summed E-state index contributed by atoms with van der Waals surface area (Å²) in [5.74, 6) is 0.375. The van der Waals surface area contributed by atoms with Crippen LogP contribution in [-0.2, 0) is 4.79 Å². The number of carbonyl (C=O) groups excluding carboxylic acids is 1. The van der Waals surface area contributed by atoms with Crippen molar-refractivity contribution in [2.24, 2.45) is 0 Å². The Hall–Kier alpha value is -2.12. The van der Waals surface area contributed by atoms with E-state index >= 15 is 0 Å². The van der Waals surface area contributed by atoms with Crippen LogP contribution in [-0.4, -0.2) is 21.4 Å². The molecule has 5 nitrogen and oxygen atoms in total. The fourth-order valence-electron chi connectivity index (χ4n) is 1.73. The van der Waals surface area contributed by atoms with E-state index in [2.05, 4.69) is 15.5 Å². The first-order chi connectivity index (χ1) is 10.7. The molecule has 0 saturated carbocycles. The third kappa shape index (κ3) is 3.55. The molecule has 7 heteroatoms. The first kappa shape index (κ1) is 14.8. The normalized spacial score (nSPS) is 12.0. The number of para-hydroxylation sites is 1. The number of thiophene rings is 1. The summed E-state index contributed by atoms with van der Waals surface area (Å²) in [7, 11) is 0. The van der Waals surface area contributed by atoms with Crippen molar-refractivity contribution in [1.29, 1.82) is 0 Å². The molecule has 3 aromatic rings. The molecule has 0 spiro atoms. The van der Waals surface area contributed by atoms with Crippen molar-refractivity contribution in [2.75, 3.05) is 5.32 Å². The summed E-state index contributed by atoms with van der Waals surface area (Å²) < 4.78 is 5.57. The van der Waals surface area contributed by atoms with E-state index < -0.39 is 0 Å². The summed E-state index contributed by atoms with van der Waals surface area (Å²) in [5, 5.41) is 12.8. The van der Waals surface area contributed by atoms with Gasteiger partial charge in [0.1, 0.15) is 0 Å². The van der Waals surface area contributed by atoms with Crippen molar-refractivity contribution in [3.8, 4) is 10.8 Å². The molecule has 0 aliphatic carbocycles. The minimum Gasteiger partial charge on any atom is -0.410 e. The smallest absolute Gasteiger partial charge is 0.277 e. The van der Waals surface area contributed by atoms with Crippen molar-refractivity contribution in [3.05, 3.63) is 47.8 Å². The van der Waals surface area contributed by atoms with E-state index in [1.807, 2.05) is 47.8 Å². The molecule has 1 N–H and O–H groups in total. The Balaban J connectivity index is 1.62. The molecule has 0 radical (unpaired) electrons. The van der Waals surface area contributed by atoms with Gasteiger partial charge >= 0.3 is 0 Å². The van der Waals surface area contributed by atoms with E-state index in [-0.39, 0.29) is 11.2 Å². The highest BCUT2D eigenvalue weighted by atomic mass is 32.2. The van der Waals surface area contributed by atoms with Gasteiger partial charge in [-0.1, -0.05) is 36.0 Å². The second kappa shape index (κ2) is 6.76. The second-order valence-corrected chi connectivity index (χ2v) is 6.71. The molecule has 0 aliphatic rings. The van der Waals surface area contributed by atoms with Gasteiger partial charge in [0.05, 0.1) is 10.1 Å². The highest BCUT2D eigenvalue weighted by Gasteiger charge is 2.19. The molecule has 0 saturated heterocycles. The number of aromatic nitrogens is 2. The van der Waals surface area contributed by atoms with Crippen LogP contribution in [0.3, 0.4) is 0 Å². The Bertz CT molecular complexity index is 741. The summed E-state index contributed by atoms with van der Waals surface area (Å²) in [4.78, 5) is 13.0.